The summed E-state index contributed by atoms with van der Waals surface area (Å²) < 4.78 is 5.34. The fourth-order valence-corrected chi connectivity index (χ4v) is 5.62. The van der Waals surface area contributed by atoms with Crippen LogP contribution in [0.1, 0.15) is 56.9 Å². The second-order valence-corrected chi connectivity index (χ2v) is 8.03. The molecule has 0 amide bonds. The lowest BCUT2D eigenvalue weighted by molar-refractivity contribution is -0.123. The van der Waals surface area contributed by atoms with Crippen LogP contribution in [0.2, 0.25) is 0 Å². The number of allylic oxidation sites excluding steroid dienone is 4. The first kappa shape index (κ1) is 13.8. The van der Waals surface area contributed by atoms with E-state index in [0.29, 0.717) is 11.7 Å². The monoisotopic (exact) mass is 307 g/mol. The van der Waals surface area contributed by atoms with E-state index in [-0.39, 0.29) is 11.3 Å². The Morgan fingerprint density at radius 1 is 1.26 bits per heavy atom. The van der Waals surface area contributed by atoms with E-state index >= 15 is 0 Å². The zero-order valence-corrected chi connectivity index (χ0v) is 13.7. The van der Waals surface area contributed by atoms with E-state index in [2.05, 4.69) is 25.5 Å². The Bertz CT molecular complexity index is 721. The van der Waals surface area contributed by atoms with Crippen molar-refractivity contribution in [3.63, 3.8) is 0 Å². The summed E-state index contributed by atoms with van der Waals surface area (Å²) in [6.07, 6.45) is 15.4. The number of rotatable bonds is 1. The SMILES string of the molecule is C[C@]12C[C@@H](c3ccoc3)C3=C([CH]3)C(=O)[C@@H]1CCC1CCCC=C12. The third kappa shape index (κ3) is 1.90. The van der Waals surface area contributed by atoms with Crippen LogP contribution < -0.4 is 0 Å². The topological polar surface area (TPSA) is 30.2 Å². The molecule has 1 heterocycles. The Hall–Kier alpha value is -1.57. The Balaban J connectivity index is 1.61. The number of hydrogen-bond donors (Lipinski definition) is 0. The molecule has 1 aromatic heterocycles. The summed E-state index contributed by atoms with van der Waals surface area (Å²) in [5, 5.41) is 0. The fraction of sp³-hybridized carbons (Fsp3) is 0.524. The van der Waals surface area contributed by atoms with Gasteiger partial charge in [0.15, 0.2) is 5.78 Å². The van der Waals surface area contributed by atoms with Crippen molar-refractivity contribution in [3.8, 4) is 0 Å². The largest absolute Gasteiger partial charge is 0.472 e. The van der Waals surface area contributed by atoms with Gasteiger partial charge in [-0.15, -0.1) is 0 Å². The van der Waals surface area contributed by atoms with Crippen molar-refractivity contribution in [2.24, 2.45) is 17.3 Å². The first-order chi connectivity index (χ1) is 11.2. The van der Waals surface area contributed by atoms with Gasteiger partial charge in [0, 0.05) is 23.8 Å². The highest BCUT2D eigenvalue weighted by Gasteiger charge is 2.54. The molecular formula is C21H23O2. The summed E-state index contributed by atoms with van der Waals surface area (Å²) in [6.45, 7) is 2.37. The van der Waals surface area contributed by atoms with E-state index in [9.17, 15) is 4.79 Å². The van der Waals surface area contributed by atoms with Crippen molar-refractivity contribution < 1.29 is 9.21 Å². The van der Waals surface area contributed by atoms with E-state index in [1.807, 2.05) is 6.26 Å². The molecule has 4 atom stereocenters. The minimum Gasteiger partial charge on any atom is -0.472 e. The van der Waals surface area contributed by atoms with Crippen LogP contribution in [0.15, 0.2) is 45.8 Å². The predicted octanol–water partition coefficient (Wildman–Crippen LogP) is 4.99. The highest BCUT2D eigenvalue weighted by molar-refractivity contribution is 6.08. The first-order valence-electron chi connectivity index (χ1n) is 9.04. The molecule has 1 aromatic rings. The van der Waals surface area contributed by atoms with Gasteiger partial charge in [0.25, 0.3) is 0 Å². The van der Waals surface area contributed by atoms with Crippen LogP contribution >= 0.6 is 0 Å². The molecule has 119 valence electrons. The third-order valence-corrected chi connectivity index (χ3v) is 6.85. The molecule has 1 saturated carbocycles. The maximum absolute atomic E-state index is 13.1. The van der Waals surface area contributed by atoms with Gasteiger partial charge in [-0.3, -0.25) is 4.79 Å². The van der Waals surface area contributed by atoms with Crippen molar-refractivity contribution in [2.75, 3.05) is 0 Å². The van der Waals surface area contributed by atoms with E-state index in [1.165, 1.54) is 36.8 Å². The molecule has 4 aliphatic rings. The van der Waals surface area contributed by atoms with Crippen molar-refractivity contribution in [2.45, 2.75) is 51.4 Å². The van der Waals surface area contributed by atoms with Gasteiger partial charge in [0.1, 0.15) is 0 Å². The van der Waals surface area contributed by atoms with E-state index in [4.69, 9.17) is 4.42 Å². The van der Waals surface area contributed by atoms with Crippen molar-refractivity contribution in [1.29, 1.82) is 0 Å². The standard InChI is InChI=1S/C21H23O2/c1-21-11-17(14-8-9-23-12-14)15-10-16(15)20(22)19(21)7-6-13-4-2-3-5-18(13)21/h5,8-10,12-13,17,19H,2-4,6-7,11H2,1H3/t13?,17-,19-,21+/m0/s1. The van der Waals surface area contributed by atoms with Crippen LogP contribution in [0.4, 0.5) is 0 Å². The molecule has 0 bridgehead atoms. The molecule has 1 radical (unpaired) electrons. The summed E-state index contributed by atoms with van der Waals surface area (Å²) in [4.78, 5) is 13.1. The molecule has 1 fully saturated rings. The van der Waals surface area contributed by atoms with E-state index in [0.717, 1.165) is 24.3 Å². The van der Waals surface area contributed by atoms with Crippen molar-refractivity contribution >= 4 is 5.78 Å². The molecule has 1 unspecified atom stereocenters. The summed E-state index contributed by atoms with van der Waals surface area (Å²) in [5.74, 6) is 1.66. The fourth-order valence-electron chi connectivity index (χ4n) is 5.62. The van der Waals surface area contributed by atoms with Crippen LogP contribution in [0.3, 0.4) is 0 Å². The van der Waals surface area contributed by atoms with Crippen LogP contribution in [0.5, 0.6) is 0 Å². The average molecular weight is 307 g/mol. The summed E-state index contributed by atoms with van der Waals surface area (Å²) >= 11 is 0. The highest BCUT2D eigenvalue weighted by atomic mass is 16.3. The molecule has 2 nitrogen and oxygen atoms in total. The van der Waals surface area contributed by atoms with Crippen LogP contribution in [0.25, 0.3) is 0 Å². The minimum absolute atomic E-state index is 0.0314. The maximum atomic E-state index is 13.1. The van der Waals surface area contributed by atoms with Gasteiger partial charge >= 0.3 is 0 Å². The Morgan fingerprint density at radius 3 is 3.00 bits per heavy atom. The van der Waals surface area contributed by atoms with Gasteiger partial charge in [0.05, 0.1) is 12.5 Å². The van der Waals surface area contributed by atoms with E-state index in [1.54, 1.807) is 11.8 Å². The van der Waals surface area contributed by atoms with E-state index < -0.39 is 0 Å². The number of fused-ring (bicyclic) bond motifs is 3. The van der Waals surface area contributed by atoms with Gasteiger partial charge in [-0.25, -0.2) is 0 Å². The average Bonchev–Trinajstić information content (AvgIpc) is 3.18. The molecule has 23 heavy (non-hydrogen) atoms. The number of Topliss-reactive ketones (excluding diaryl/α,β-unsaturated/α-hetero) is 1. The second kappa shape index (κ2) is 4.72. The Labute approximate surface area is 137 Å². The zero-order valence-electron chi connectivity index (χ0n) is 13.7. The number of hydrogen-bond acceptors (Lipinski definition) is 2. The molecule has 0 aromatic carbocycles. The van der Waals surface area contributed by atoms with Crippen LogP contribution in [-0.2, 0) is 4.79 Å². The lowest BCUT2D eigenvalue weighted by Crippen LogP contribution is -2.42. The van der Waals surface area contributed by atoms with Crippen LogP contribution in [0, 0.1) is 23.7 Å². The lowest BCUT2D eigenvalue weighted by Gasteiger charge is -2.49. The molecule has 5 rings (SSSR count). The minimum atomic E-state index is 0.0314. The Kier molecular flexibility index (Phi) is 2.84. The normalized spacial score (nSPS) is 39.1. The molecule has 0 N–H and O–H groups in total. The molecule has 4 aliphatic carbocycles. The molecule has 0 spiro atoms. The molecule has 2 heteroatoms. The van der Waals surface area contributed by atoms with Gasteiger partial charge in [-0.1, -0.05) is 18.6 Å². The van der Waals surface area contributed by atoms with Gasteiger partial charge in [-0.2, -0.15) is 0 Å². The van der Waals surface area contributed by atoms with Crippen molar-refractivity contribution in [3.05, 3.63) is 53.4 Å². The van der Waals surface area contributed by atoms with Gasteiger partial charge in [-0.05, 0) is 67.1 Å². The molecule has 0 aliphatic heterocycles. The number of carbonyl (C=O) groups excluding carboxylic acids is 1. The predicted molar refractivity (Wildman–Crippen MR) is 88.7 cm³/mol. The number of ketones is 1. The summed E-state index contributed by atoms with van der Waals surface area (Å²) in [6, 6.07) is 2.07. The number of furan rings is 1. The molecular weight excluding hydrogens is 284 g/mol. The molecule has 0 saturated heterocycles. The smallest absolute Gasteiger partial charge is 0.163 e. The second-order valence-electron chi connectivity index (χ2n) is 8.03. The van der Waals surface area contributed by atoms with Gasteiger partial charge in [0.2, 0.25) is 0 Å². The van der Waals surface area contributed by atoms with Crippen molar-refractivity contribution in [1.82, 2.24) is 0 Å². The summed E-state index contributed by atoms with van der Waals surface area (Å²) in [5.41, 5.74) is 5.17. The Morgan fingerprint density at radius 2 is 2.17 bits per heavy atom. The third-order valence-electron chi connectivity index (χ3n) is 6.85. The quantitative estimate of drug-likeness (QED) is 0.684. The zero-order chi connectivity index (χ0) is 15.6. The van der Waals surface area contributed by atoms with Gasteiger partial charge < -0.3 is 4.42 Å². The maximum Gasteiger partial charge on any atom is 0.163 e. The first-order valence-corrected chi connectivity index (χ1v) is 9.04. The number of carbonyl (C=O) groups is 1. The summed E-state index contributed by atoms with van der Waals surface area (Å²) in [7, 11) is 0. The highest BCUT2D eigenvalue weighted by Crippen LogP contribution is 2.61. The lowest BCUT2D eigenvalue weighted by atomic mass is 9.55. The van der Waals surface area contributed by atoms with Crippen LogP contribution in [-0.4, -0.2) is 5.78 Å².